The summed E-state index contributed by atoms with van der Waals surface area (Å²) >= 11 is 3.42. The van der Waals surface area contributed by atoms with Gasteiger partial charge in [-0.3, -0.25) is 4.79 Å². The number of ketones is 1. The van der Waals surface area contributed by atoms with Gasteiger partial charge in [0.2, 0.25) is 0 Å². The van der Waals surface area contributed by atoms with E-state index in [-0.39, 0.29) is 5.78 Å². The van der Waals surface area contributed by atoms with Gasteiger partial charge in [-0.15, -0.1) is 0 Å². The van der Waals surface area contributed by atoms with Crippen LogP contribution in [0.2, 0.25) is 0 Å². The summed E-state index contributed by atoms with van der Waals surface area (Å²) in [5.41, 5.74) is 3.64. The normalized spacial score (nSPS) is 10.1. The quantitative estimate of drug-likeness (QED) is 0.743. The van der Waals surface area contributed by atoms with Gasteiger partial charge in [0.15, 0.2) is 0 Å². The zero-order chi connectivity index (χ0) is 9.84. The minimum absolute atomic E-state index is 0.217. The van der Waals surface area contributed by atoms with Crippen LogP contribution in [-0.2, 0) is 16.5 Å². The van der Waals surface area contributed by atoms with E-state index in [9.17, 15) is 4.79 Å². The molecule has 1 nitrogen and oxygen atoms in total. The number of Topliss-reactive ketones (excluding diaryl/α,β-unsaturated/α-hetero) is 1. The van der Waals surface area contributed by atoms with Crippen LogP contribution in [0.4, 0.5) is 0 Å². The van der Waals surface area contributed by atoms with E-state index < -0.39 is 0 Å². The number of rotatable bonds is 3. The number of hydrogen-bond donors (Lipinski definition) is 0. The molecule has 0 heterocycles. The third-order valence-corrected chi connectivity index (χ3v) is 2.75. The first-order chi connectivity index (χ1) is 6.15. The molecule has 0 radical (unpaired) electrons. The van der Waals surface area contributed by atoms with Crippen molar-refractivity contribution in [3.05, 3.63) is 34.9 Å². The Kier molecular flexibility index (Phi) is 3.67. The van der Waals surface area contributed by atoms with Gasteiger partial charge in [-0.05, 0) is 30.5 Å². The van der Waals surface area contributed by atoms with E-state index in [4.69, 9.17) is 0 Å². The van der Waals surface area contributed by atoms with Gasteiger partial charge in [0.1, 0.15) is 5.78 Å². The summed E-state index contributed by atoms with van der Waals surface area (Å²) in [4.78, 5) is 11.0. The molecule has 0 spiro atoms. The van der Waals surface area contributed by atoms with Crippen LogP contribution in [-0.4, -0.2) is 5.78 Å². The van der Waals surface area contributed by atoms with Crippen LogP contribution in [0.15, 0.2) is 18.2 Å². The van der Waals surface area contributed by atoms with Crippen molar-refractivity contribution in [1.29, 1.82) is 0 Å². The van der Waals surface area contributed by atoms with Crippen molar-refractivity contribution >= 4 is 21.7 Å². The largest absolute Gasteiger partial charge is 0.300 e. The zero-order valence-corrected chi connectivity index (χ0v) is 9.52. The average Bonchev–Trinajstić information content (AvgIpc) is 2.08. The molecule has 0 bridgehead atoms. The fraction of sp³-hybridized carbons (Fsp3) is 0.364. The van der Waals surface area contributed by atoms with Gasteiger partial charge in [-0.2, -0.15) is 0 Å². The van der Waals surface area contributed by atoms with Gasteiger partial charge in [-0.25, -0.2) is 0 Å². The van der Waals surface area contributed by atoms with Gasteiger partial charge >= 0.3 is 0 Å². The summed E-state index contributed by atoms with van der Waals surface area (Å²) < 4.78 is 0. The minimum atomic E-state index is 0.217. The van der Waals surface area contributed by atoms with Crippen LogP contribution in [0.25, 0.3) is 0 Å². The summed E-state index contributed by atoms with van der Waals surface area (Å²) in [6.45, 7) is 3.69. The Hall–Kier alpha value is -0.630. The number of hydrogen-bond acceptors (Lipinski definition) is 1. The minimum Gasteiger partial charge on any atom is -0.300 e. The van der Waals surface area contributed by atoms with Gasteiger partial charge in [0.05, 0.1) is 0 Å². The van der Waals surface area contributed by atoms with E-state index in [0.717, 1.165) is 10.9 Å². The molecule has 0 saturated heterocycles. The Bertz CT molecular complexity index is 318. The molecule has 0 fully saturated rings. The van der Waals surface area contributed by atoms with Gasteiger partial charge in [0, 0.05) is 11.8 Å². The molecule has 2 heteroatoms. The molecule has 0 atom stereocenters. The Labute approximate surface area is 87.3 Å². The second kappa shape index (κ2) is 4.56. The van der Waals surface area contributed by atoms with Crippen LogP contribution in [0.1, 0.15) is 23.6 Å². The monoisotopic (exact) mass is 240 g/mol. The van der Waals surface area contributed by atoms with Crippen LogP contribution in [0, 0.1) is 6.92 Å². The summed E-state index contributed by atoms with van der Waals surface area (Å²) in [5.74, 6) is 0.217. The van der Waals surface area contributed by atoms with Gasteiger partial charge in [-0.1, -0.05) is 34.1 Å². The Morgan fingerprint density at radius 3 is 2.54 bits per heavy atom. The van der Waals surface area contributed by atoms with Gasteiger partial charge in [0.25, 0.3) is 0 Å². The predicted octanol–water partition coefficient (Wildman–Crippen LogP) is 3.02. The highest BCUT2D eigenvalue weighted by Crippen LogP contribution is 2.16. The number of carbonyl (C=O) groups is 1. The van der Waals surface area contributed by atoms with E-state index in [0.29, 0.717) is 6.42 Å². The molecule has 1 aromatic rings. The summed E-state index contributed by atoms with van der Waals surface area (Å²) in [6, 6.07) is 6.10. The van der Waals surface area contributed by atoms with Crippen molar-refractivity contribution in [2.45, 2.75) is 25.6 Å². The SMILES string of the molecule is CC(=O)Cc1cccc(CBr)c1C. The van der Waals surface area contributed by atoms with Crippen molar-refractivity contribution in [2.24, 2.45) is 0 Å². The molecule has 0 unspecified atom stereocenters. The smallest absolute Gasteiger partial charge is 0.134 e. The van der Waals surface area contributed by atoms with E-state index in [1.807, 2.05) is 12.1 Å². The number of alkyl halides is 1. The van der Waals surface area contributed by atoms with Crippen molar-refractivity contribution in [3.63, 3.8) is 0 Å². The first-order valence-corrected chi connectivity index (χ1v) is 5.40. The fourth-order valence-electron chi connectivity index (χ4n) is 1.34. The lowest BCUT2D eigenvalue weighted by molar-refractivity contribution is -0.116. The first-order valence-electron chi connectivity index (χ1n) is 4.28. The van der Waals surface area contributed by atoms with E-state index in [2.05, 4.69) is 28.9 Å². The lowest BCUT2D eigenvalue weighted by Crippen LogP contribution is -2.00. The molecule has 1 aromatic carbocycles. The highest BCUT2D eigenvalue weighted by atomic mass is 79.9. The molecule has 70 valence electrons. The first kappa shape index (κ1) is 10.5. The molecular weight excluding hydrogens is 228 g/mol. The number of carbonyl (C=O) groups excluding carboxylic acids is 1. The molecule has 0 aliphatic heterocycles. The second-order valence-electron chi connectivity index (χ2n) is 3.21. The topological polar surface area (TPSA) is 17.1 Å². The van der Waals surface area contributed by atoms with Crippen LogP contribution < -0.4 is 0 Å². The van der Waals surface area contributed by atoms with Gasteiger partial charge < -0.3 is 0 Å². The summed E-state index contributed by atoms with van der Waals surface area (Å²) in [6.07, 6.45) is 0.548. The number of benzene rings is 1. The third kappa shape index (κ3) is 2.66. The van der Waals surface area contributed by atoms with E-state index in [1.54, 1.807) is 6.92 Å². The fourth-order valence-corrected chi connectivity index (χ4v) is 1.95. The third-order valence-electron chi connectivity index (χ3n) is 2.14. The Balaban J connectivity index is 3.01. The van der Waals surface area contributed by atoms with Crippen molar-refractivity contribution in [1.82, 2.24) is 0 Å². The van der Waals surface area contributed by atoms with Crippen molar-refractivity contribution in [2.75, 3.05) is 0 Å². The van der Waals surface area contributed by atoms with Crippen molar-refractivity contribution < 1.29 is 4.79 Å². The van der Waals surface area contributed by atoms with E-state index >= 15 is 0 Å². The van der Waals surface area contributed by atoms with Crippen LogP contribution in [0.3, 0.4) is 0 Å². The molecule has 0 aromatic heterocycles. The van der Waals surface area contributed by atoms with Crippen molar-refractivity contribution in [3.8, 4) is 0 Å². The van der Waals surface area contributed by atoms with Crippen LogP contribution >= 0.6 is 15.9 Å². The second-order valence-corrected chi connectivity index (χ2v) is 3.77. The number of halogens is 1. The molecule has 0 aliphatic rings. The highest BCUT2D eigenvalue weighted by molar-refractivity contribution is 9.08. The van der Waals surface area contributed by atoms with Crippen LogP contribution in [0.5, 0.6) is 0 Å². The average molecular weight is 241 g/mol. The Morgan fingerprint density at radius 1 is 1.38 bits per heavy atom. The maximum Gasteiger partial charge on any atom is 0.134 e. The lowest BCUT2D eigenvalue weighted by atomic mass is 10.00. The standard InChI is InChI=1S/C11H13BrO/c1-8(13)6-10-4-3-5-11(7-12)9(10)2/h3-5H,6-7H2,1-2H3. The predicted molar refractivity (Wildman–Crippen MR) is 58.2 cm³/mol. The summed E-state index contributed by atoms with van der Waals surface area (Å²) in [5, 5.41) is 0.852. The maximum absolute atomic E-state index is 11.0. The molecule has 0 N–H and O–H groups in total. The molecule has 13 heavy (non-hydrogen) atoms. The molecule has 0 saturated carbocycles. The summed E-state index contributed by atoms with van der Waals surface area (Å²) in [7, 11) is 0. The molecular formula is C11H13BrO. The maximum atomic E-state index is 11.0. The van der Waals surface area contributed by atoms with E-state index in [1.165, 1.54) is 11.1 Å². The molecule has 1 rings (SSSR count). The zero-order valence-electron chi connectivity index (χ0n) is 7.93. The molecule has 0 aliphatic carbocycles. The lowest BCUT2D eigenvalue weighted by Gasteiger charge is -2.07. The Morgan fingerprint density at radius 2 is 2.00 bits per heavy atom. The molecule has 0 amide bonds. The highest BCUT2D eigenvalue weighted by Gasteiger charge is 2.04.